The van der Waals surface area contributed by atoms with Crippen molar-refractivity contribution in [2.24, 2.45) is 0 Å². The topological polar surface area (TPSA) is 46.3 Å². The average molecular weight is 510 g/mol. The summed E-state index contributed by atoms with van der Waals surface area (Å²) in [5, 5.41) is 0. The number of nitrogens with zero attached hydrogens (tertiary/aromatic N) is 1. The van der Waals surface area contributed by atoms with Gasteiger partial charge in [-0.25, -0.2) is 0 Å². The van der Waals surface area contributed by atoms with Gasteiger partial charge >= 0.3 is 0 Å². The van der Waals surface area contributed by atoms with Gasteiger partial charge in [0.05, 0.1) is 16.9 Å². The molecule has 104 valence electrons. The van der Waals surface area contributed by atoms with Crippen LogP contribution in [0.25, 0.3) is 0 Å². The fourth-order valence-electron chi connectivity index (χ4n) is 1.78. The van der Waals surface area contributed by atoms with Gasteiger partial charge in [-0.1, -0.05) is 31.9 Å². The molecular formula is C14H11Br2IN2O. The van der Waals surface area contributed by atoms with Gasteiger partial charge in [0, 0.05) is 19.6 Å². The van der Waals surface area contributed by atoms with Crippen molar-refractivity contribution in [3.63, 3.8) is 0 Å². The SMILES string of the molecule is CN(C(=O)c1cc(Br)ccc1I)c1ccc(Br)cc1N. The summed E-state index contributed by atoms with van der Waals surface area (Å²) in [5.74, 6) is -0.0928. The van der Waals surface area contributed by atoms with Crippen LogP contribution < -0.4 is 10.6 Å². The Balaban J connectivity index is 2.40. The molecule has 6 heteroatoms. The first-order valence-electron chi connectivity index (χ1n) is 5.68. The van der Waals surface area contributed by atoms with Crippen LogP contribution >= 0.6 is 54.5 Å². The highest BCUT2D eigenvalue weighted by molar-refractivity contribution is 14.1. The highest BCUT2D eigenvalue weighted by Gasteiger charge is 2.18. The van der Waals surface area contributed by atoms with Crippen molar-refractivity contribution in [3.8, 4) is 0 Å². The van der Waals surface area contributed by atoms with E-state index < -0.39 is 0 Å². The molecule has 0 bridgehead atoms. The zero-order valence-corrected chi connectivity index (χ0v) is 15.9. The molecule has 2 aromatic carbocycles. The number of nitrogens with two attached hydrogens (primary N) is 1. The second-order valence-corrected chi connectivity index (χ2v) is 7.19. The summed E-state index contributed by atoms with van der Waals surface area (Å²) < 4.78 is 2.66. The predicted molar refractivity (Wildman–Crippen MR) is 98.1 cm³/mol. The van der Waals surface area contributed by atoms with E-state index in [1.54, 1.807) is 18.0 Å². The average Bonchev–Trinajstić information content (AvgIpc) is 2.40. The largest absolute Gasteiger partial charge is 0.397 e. The predicted octanol–water partition coefficient (Wildman–Crippen LogP) is 4.68. The lowest BCUT2D eigenvalue weighted by molar-refractivity contribution is 0.0992. The first-order chi connectivity index (χ1) is 9.40. The number of halogens is 3. The lowest BCUT2D eigenvalue weighted by Gasteiger charge is -2.20. The Kier molecular flexibility index (Phi) is 5.09. The normalized spacial score (nSPS) is 10.4. The number of hydrogen-bond donors (Lipinski definition) is 1. The molecule has 0 saturated carbocycles. The minimum atomic E-state index is -0.0928. The summed E-state index contributed by atoms with van der Waals surface area (Å²) >= 11 is 8.90. The molecular weight excluding hydrogens is 499 g/mol. The van der Waals surface area contributed by atoms with Gasteiger partial charge in [-0.05, 0) is 59.0 Å². The van der Waals surface area contributed by atoms with E-state index in [0.29, 0.717) is 16.9 Å². The summed E-state index contributed by atoms with van der Waals surface area (Å²) in [6.07, 6.45) is 0. The third kappa shape index (κ3) is 3.35. The Labute approximate surface area is 147 Å². The van der Waals surface area contributed by atoms with Gasteiger partial charge in [0.2, 0.25) is 0 Å². The van der Waals surface area contributed by atoms with Crippen LogP contribution in [0.15, 0.2) is 45.3 Å². The van der Waals surface area contributed by atoms with E-state index in [4.69, 9.17) is 5.73 Å². The Morgan fingerprint density at radius 2 is 1.75 bits per heavy atom. The molecule has 0 spiro atoms. The third-order valence-electron chi connectivity index (χ3n) is 2.81. The quantitative estimate of drug-likeness (QED) is 0.472. The molecule has 0 aromatic heterocycles. The maximum absolute atomic E-state index is 12.6. The molecule has 0 fully saturated rings. The number of carbonyl (C=O) groups excluding carboxylic acids is 1. The summed E-state index contributed by atoms with van der Waals surface area (Å²) in [6.45, 7) is 0. The molecule has 0 saturated heterocycles. The minimum absolute atomic E-state index is 0.0928. The molecule has 0 atom stereocenters. The maximum Gasteiger partial charge on any atom is 0.259 e. The fraction of sp³-hybridized carbons (Fsp3) is 0.0714. The van der Waals surface area contributed by atoms with Crippen molar-refractivity contribution in [2.45, 2.75) is 0 Å². The Morgan fingerprint density at radius 3 is 2.40 bits per heavy atom. The van der Waals surface area contributed by atoms with Gasteiger partial charge in [0.15, 0.2) is 0 Å². The molecule has 0 aliphatic heterocycles. The number of hydrogen-bond acceptors (Lipinski definition) is 2. The number of carbonyl (C=O) groups is 1. The van der Waals surface area contributed by atoms with Crippen molar-refractivity contribution in [2.75, 3.05) is 17.7 Å². The van der Waals surface area contributed by atoms with Gasteiger partial charge in [-0.2, -0.15) is 0 Å². The van der Waals surface area contributed by atoms with Crippen molar-refractivity contribution in [1.82, 2.24) is 0 Å². The van der Waals surface area contributed by atoms with Crippen LogP contribution in [0.5, 0.6) is 0 Å². The molecule has 1 amide bonds. The van der Waals surface area contributed by atoms with Crippen LogP contribution in [-0.4, -0.2) is 13.0 Å². The lowest BCUT2D eigenvalue weighted by Crippen LogP contribution is -2.27. The molecule has 20 heavy (non-hydrogen) atoms. The van der Waals surface area contributed by atoms with Crippen LogP contribution in [0, 0.1) is 3.57 Å². The van der Waals surface area contributed by atoms with Crippen molar-refractivity contribution >= 4 is 71.7 Å². The summed E-state index contributed by atoms with van der Waals surface area (Å²) in [5.41, 5.74) is 7.86. The van der Waals surface area contributed by atoms with E-state index in [1.165, 1.54) is 0 Å². The maximum atomic E-state index is 12.6. The second-order valence-electron chi connectivity index (χ2n) is 4.19. The van der Waals surface area contributed by atoms with Crippen molar-refractivity contribution in [1.29, 1.82) is 0 Å². The van der Waals surface area contributed by atoms with Crippen LogP contribution in [0.2, 0.25) is 0 Å². The number of benzene rings is 2. The standard InChI is InChI=1S/C14H11Br2IN2O/c1-19(13-5-3-9(16)7-12(13)18)14(20)10-6-8(15)2-4-11(10)17/h2-7H,18H2,1H3. The third-order valence-corrected chi connectivity index (χ3v) is 4.74. The number of rotatable bonds is 2. The molecule has 0 heterocycles. The van der Waals surface area contributed by atoms with Gasteiger partial charge in [0.25, 0.3) is 5.91 Å². The van der Waals surface area contributed by atoms with Gasteiger partial charge in [-0.3, -0.25) is 4.79 Å². The highest BCUT2D eigenvalue weighted by atomic mass is 127. The van der Waals surface area contributed by atoms with Crippen LogP contribution in [0.1, 0.15) is 10.4 Å². The fourth-order valence-corrected chi connectivity index (χ4v) is 3.09. The second kappa shape index (κ2) is 6.44. The van der Waals surface area contributed by atoms with Crippen LogP contribution in [0.3, 0.4) is 0 Å². The number of nitrogen functional groups attached to an aromatic ring is 1. The zero-order valence-electron chi connectivity index (χ0n) is 10.5. The zero-order chi connectivity index (χ0) is 14.9. The minimum Gasteiger partial charge on any atom is -0.397 e. The first kappa shape index (κ1) is 15.8. The van der Waals surface area contributed by atoms with Crippen LogP contribution in [0.4, 0.5) is 11.4 Å². The first-order valence-corrected chi connectivity index (χ1v) is 8.34. The molecule has 0 radical (unpaired) electrons. The summed E-state index contributed by atoms with van der Waals surface area (Å²) in [6, 6.07) is 11.1. The molecule has 0 aliphatic carbocycles. The van der Waals surface area contributed by atoms with Crippen LogP contribution in [-0.2, 0) is 0 Å². The van der Waals surface area contributed by atoms with Gasteiger partial charge in [-0.15, -0.1) is 0 Å². The van der Waals surface area contributed by atoms with E-state index in [1.807, 2.05) is 30.3 Å². The summed E-state index contributed by atoms with van der Waals surface area (Å²) in [7, 11) is 1.72. The Bertz CT molecular complexity index is 676. The Hall–Kier alpha value is -0.600. The van der Waals surface area contributed by atoms with E-state index in [2.05, 4.69) is 54.5 Å². The van der Waals surface area contributed by atoms with E-state index in [0.717, 1.165) is 12.5 Å². The molecule has 0 aliphatic rings. The smallest absolute Gasteiger partial charge is 0.259 e. The van der Waals surface area contributed by atoms with E-state index >= 15 is 0 Å². The van der Waals surface area contributed by atoms with Crippen molar-refractivity contribution < 1.29 is 4.79 Å². The molecule has 0 unspecified atom stereocenters. The molecule has 2 aromatic rings. The van der Waals surface area contributed by atoms with E-state index in [9.17, 15) is 4.79 Å². The van der Waals surface area contributed by atoms with Crippen molar-refractivity contribution in [3.05, 3.63) is 54.5 Å². The molecule has 2 rings (SSSR count). The number of amides is 1. The monoisotopic (exact) mass is 508 g/mol. The Morgan fingerprint density at radius 1 is 1.15 bits per heavy atom. The van der Waals surface area contributed by atoms with E-state index in [-0.39, 0.29) is 5.91 Å². The molecule has 2 N–H and O–H groups in total. The lowest BCUT2D eigenvalue weighted by atomic mass is 10.2. The molecule has 3 nitrogen and oxygen atoms in total. The van der Waals surface area contributed by atoms with Gasteiger partial charge in [0.1, 0.15) is 0 Å². The summed E-state index contributed by atoms with van der Waals surface area (Å²) in [4.78, 5) is 14.1. The number of anilines is 2. The highest BCUT2D eigenvalue weighted by Crippen LogP contribution is 2.28. The van der Waals surface area contributed by atoms with Gasteiger partial charge < -0.3 is 10.6 Å².